The summed E-state index contributed by atoms with van der Waals surface area (Å²) in [6.45, 7) is 0.277. The molecular weight excluding hydrogens is 408 g/mol. The Hall–Kier alpha value is -3.17. The third kappa shape index (κ3) is 3.39. The Morgan fingerprint density at radius 2 is 1.97 bits per heavy atom. The largest absolute Gasteiger partial charge is 0.467 e. The van der Waals surface area contributed by atoms with Crippen LogP contribution in [0.3, 0.4) is 0 Å². The maximum absolute atomic E-state index is 13.1. The summed E-state index contributed by atoms with van der Waals surface area (Å²) in [4.78, 5) is 37.3. The van der Waals surface area contributed by atoms with Crippen molar-refractivity contribution in [3.05, 3.63) is 86.4 Å². The molecule has 0 aliphatic carbocycles. The van der Waals surface area contributed by atoms with Gasteiger partial charge in [-0.3, -0.25) is 14.2 Å². The van der Waals surface area contributed by atoms with Gasteiger partial charge in [0.2, 0.25) is 0 Å². The van der Waals surface area contributed by atoms with Crippen molar-refractivity contribution in [2.45, 2.75) is 17.5 Å². The molecule has 0 radical (unpaired) electrons. The summed E-state index contributed by atoms with van der Waals surface area (Å²) in [7, 11) is 0. The lowest BCUT2D eigenvalue weighted by atomic mass is 10.2. The van der Waals surface area contributed by atoms with E-state index in [4.69, 9.17) is 4.42 Å². The average molecular weight is 422 g/mol. The molecule has 1 aromatic carbocycles. The molecule has 0 unspecified atom stereocenters. The van der Waals surface area contributed by atoms with Crippen molar-refractivity contribution >= 4 is 44.2 Å². The van der Waals surface area contributed by atoms with Gasteiger partial charge in [-0.1, -0.05) is 23.9 Å². The second-order valence-electron chi connectivity index (χ2n) is 6.32. The average Bonchev–Trinajstić information content (AvgIpc) is 3.41. The number of rotatable bonds is 5. The minimum atomic E-state index is -0.153. The SMILES string of the molecule is O=c1[nH]c(CSc2nc3ccccc3c(=O)n2Cc2ccco2)nc2ccsc12. The number of nitrogens with zero attached hydrogens (tertiary/aromatic N) is 3. The van der Waals surface area contributed by atoms with Crippen LogP contribution < -0.4 is 11.1 Å². The van der Waals surface area contributed by atoms with Crippen molar-refractivity contribution in [1.29, 1.82) is 0 Å². The van der Waals surface area contributed by atoms with Crippen molar-refractivity contribution in [3.63, 3.8) is 0 Å². The molecule has 0 fully saturated rings. The highest BCUT2D eigenvalue weighted by atomic mass is 32.2. The smallest absolute Gasteiger partial charge is 0.268 e. The molecule has 1 N–H and O–H groups in total. The molecule has 0 saturated carbocycles. The van der Waals surface area contributed by atoms with E-state index in [0.717, 1.165) is 0 Å². The molecule has 0 aliphatic heterocycles. The van der Waals surface area contributed by atoms with Gasteiger partial charge in [-0.25, -0.2) is 9.97 Å². The first-order valence-corrected chi connectivity index (χ1v) is 10.7. The molecule has 0 saturated heterocycles. The first-order valence-electron chi connectivity index (χ1n) is 8.80. The number of hydrogen-bond acceptors (Lipinski definition) is 7. The fraction of sp³-hybridized carbons (Fsp3) is 0.100. The minimum absolute atomic E-state index is 0.135. The first kappa shape index (κ1) is 17.9. The summed E-state index contributed by atoms with van der Waals surface area (Å²) in [6, 6.07) is 12.7. The molecule has 0 spiro atoms. The lowest BCUT2D eigenvalue weighted by Gasteiger charge is -2.12. The Kier molecular flexibility index (Phi) is 4.53. The van der Waals surface area contributed by atoms with Gasteiger partial charge in [-0.05, 0) is 35.7 Å². The Labute approximate surface area is 172 Å². The molecule has 4 aromatic heterocycles. The molecule has 0 aliphatic rings. The van der Waals surface area contributed by atoms with E-state index in [0.29, 0.717) is 43.6 Å². The number of aromatic nitrogens is 4. The molecule has 144 valence electrons. The van der Waals surface area contributed by atoms with Crippen LogP contribution in [0.25, 0.3) is 21.1 Å². The highest BCUT2D eigenvalue weighted by molar-refractivity contribution is 7.98. The van der Waals surface area contributed by atoms with Crippen molar-refractivity contribution in [2.24, 2.45) is 0 Å². The minimum Gasteiger partial charge on any atom is -0.467 e. The number of furan rings is 1. The zero-order chi connectivity index (χ0) is 19.8. The summed E-state index contributed by atoms with van der Waals surface area (Å²) in [5.41, 5.74) is 1.02. The number of para-hydroxylation sites is 1. The normalized spacial score (nSPS) is 11.4. The number of thiophene rings is 1. The Morgan fingerprint density at radius 3 is 2.83 bits per heavy atom. The monoisotopic (exact) mass is 422 g/mol. The highest BCUT2D eigenvalue weighted by Crippen LogP contribution is 2.23. The van der Waals surface area contributed by atoms with E-state index in [1.165, 1.54) is 23.1 Å². The summed E-state index contributed by atoms with van der Waals surface area (Å²) in [5.74, 6) is 1.58. The maximum atomic E-state index is 13.1. The van der Waals surface area contributed by atoms with Gasteiger partial charge in [0.05, 0.1) is 35.0 Å². The van der Waals surface area contributed by atoms with Crippen LogP contribution in [0.4, 0.5) is 0 Å². The van der Waals surface area contributed by atoms with Crippen LogP contribution in [0.5, 0.6) is 0 Å². The third-order valence-corrected chi connectivity index (χ3v) is 6.31. The van der Waals surface area contributed by atoms with E-state index in [9.17, 15) is 9.59 Å². The van der Waals surface area contributed by atoms with Gasteiger partial charge < -0.3 is 9.40 Å². The maximum Gasteiger partial charge on any atom is 0.268 e. The van der Waals surface area contributed by atoms with Gasteiger partial charge in [0.1, 0.15) is 16.3 Å². The molecule has 4 heterocycles. The highest BCUT2D eigenvalue weighted by Gasteiger charge is 2.14. The van der Waals surface area contributed by atoms with E-state index in [-0.39, 0.29) is 17.7 Å². The quantitative estimate of drug-likeness (QED) is 0.343. The van der Waals surface area contributed by atoms with Gasteiger partial charge in [-0.2, -0.15) is 0 Å². The molecule has 29 heavy (non-hydrogen) atoms. The lowest BCUT2D eigenvalue weighted by molar-refractivity contribution is 0.476. The molecule has 5 aromatic rings. The number of hydrogen-bond donors (Lipinski definition) is 1. The second kappa shape index (κ2) is 7.34. The number of aromatic amines is 1. The predicted octanol–water partition coefficient (Wildman–Crippen LogP) is 3.63. The Balaban J connectivity index is 1.55. The van der Waals surface area contributed by atoms with Gasteiger partial charge >= 0.3 is 0 Å². The molecule has 9 heteroatoms. The van der Waals surface area contributed by atoms with Crippen molar-refractivity contribution in [1.82, 2.24) is 19.5 Å². The Morgan fingerprint density at radius 1 is 1.07 bits per heavy atom. The summed E-state index contributed by atoms with van der Waals surface area (Å²) < 4.78 is 7.62. The summed E-state index contributed by atoms with van der Waals surface area (Å²) >= 11 is 2.72. The molecule has 0 amide bonds. The van der Waals surface area contributed by atoms with E-state index >= 15 is 0 Å². The number of nitrogens with one attached hydrogen (secondary N) is 1. The number of H-pyrrole nitrogens is 1. The van der Waals surface area contributed by atoms with E-state index < -0.39 is 0 Å². The standard InChI is InChI=1S/C20H14N4O3S2/c25-18-17-15(7-9-28-17)21-16(23-18)11-29-20-22-14-6-2-1-5-13(14)19(26)24(20)10-12-4-3-8-27-12/h1-9H,10-11H2,(H,21,23,25). The van der Waals surface area contributed by atoms with E-state index in [1.807, 2.05) is 35.7 Å². The van der Waals surface area contributed by atoms with Gasteiger partial charge in [0, 0.05) is 0 Å². The molecule has 0 atom stereocenters. The second-order valence-corrected chi connectivity index (χ2v) is 8.18. The fourth-order valence-corrected chi connectivity index (χ4v) is 4.67. The zero-order valence-corrected chi connectivity index (χ0v) is 16.6. The van der Waals surface area contributed by atoms with Crippen LogP contribution in [0, 0.1) is 0 Å². The van der Waals surface area contributed by atoms with E-state index in [2.05, 4.69) is 15.0 Å². The van der Waals surface area contributed by atoms with Crippen molar-refractivity contribution in [3.8, 4) is 0 Å². The molecule has 5 rings (SSSR count). The fourth-order valence-electron chi connectivity index (χ4n) is 3.08. The summed E-state index contributed by atoms with van der Waals surface area (Å²) in [5, 5.41) is 2.93. The van der Waals surface area contributed by atoms with Gasteiger partial charge in [0.15, 0.2) is 5.16 Å². The molecule has 7 nitrogen and oxygen atoms in total. The molecule has 0 bridgehead atoms. The van der Waals surface area contributed by atoms with Crippen LogP contribution in [-0.2, 0) is 12.3 Å². The zero-order valence-electron chi connectivity index (χ0n) is 15.0. The van der Waals surface area contributed by atoms with Crippen LogP contribution >= 0.6 is 23.1 Å². The number of benzene rings is 1. The molecular formula is C20H14N4O3S2. The van der Waals surface area contributed by atoms with Crippen molar-refractivity contribution in [2.75, 3.05) is 0 Å². The predicted molar refractivity (Wildman–Crippen MR) is 114 cm³/mol. The topological polar surface area (TPSA) is 93.8 Å². The third-order valence-electron chi connectivity index (χ3n) is 4.42. The van der Waals surface area contributed by atoms with E-state index in [1.54, 1.807) is 23.0 Å². The first-order chi connectivity index (χ1) is 14.2. The van der Waals surface area contributed by atoms with Crippen molar-refractivity contribution < 1.29 is 4.42 Å². The number of thioether (sulfide) groups is 1. The number of fused-ring (bicyclic) bond motifs is 2. The van der Waals surface area contributed by atoms with Gasteiger partial charge in [0.25, 0.3) is 11.1 Å². The van der Waals surface area contributed by atoms with Crippen LogP contribution in [0.15, 0.2) is 73.3 Å². The van der Waals surface area contributed by atoms with Crippen LogP contribution in [0.1, 0.15) is 11.6 Å². The summed E-state index contributed by atoms with van der Waals surface area (Å²) in [6.07, 6.45) is 1.58. The van der Waals surface area contributed by atoms with Gasteiger partial charge in [-0.15, -0.1) is 11.3 Å². The lowest BCUT2D eigenvalue weighted by Crippen LogP contribution is -2.24. The Bertz CT molecular complexity index is 1430. The van der Waals surface area contributed by atoms with Crippen LogP contribution in [0.2, 0.25) is 0 Å². The van der Waals surface area contributed by atoms with Crippen LogP contribution in [-0.4, -0.2) is 19.5 Å².